The van der Waals surface area contributed by atoms with Crippen LogP contribution in [0, 0.1) is 0 Å². The number of benzene rings is 5. The Labute approximate surface area is 683 Å². The first-order valence-corrected chi connectivity index (χ1v) is 36.6. The molecule has 20 rings (SSSR count). The lowest BCUT2D eigenvalue weighted by Crippen LogP contribution is -2.27. The number of carboxylic acid groups (broad SMARTS) is 1. The van der Waals surface area contributed by atoms with Gasteiger partial charge in [-0.2, -0.15) is 0 Å². The number of amides is 3. The maximum atomic E-state index is 12.4. The number of halogens is 1. The van der Waals surface area contributed by atoms with Crippen LogP contribution in [0.3, 0.4) is 0 Å². The van der Waals surface area contributed by atoms with Crippen LogP contribution in [0.4, 0.5) is 17.1 Å². The van der Waals surface area contributed by atoms with E-state index in [1.165, 1.54) is 78.9 Å². The lowest BCUT2D eigenvalue weighted by Gasteiger charge is -2.20. The number of carboxylic acids is 1. The molecule has 30 nitrogen and oxygen atoms in total. The highest BCUT2D eigenvalue weighted by Gasteiger charge is 2.37. The van der Waals surface area contributed by atoms with Crippen LogP contribution in [-0.4, -0.2) is 114 Å². The Bertz CT molecular complexity index is 5970. The van der Waals surface area contributed by atoms with Crippen LogP contribution in [0.15, 0.2) is 309 Å². The molecule has 0 bridgehead atoms. The van der Waals surface area contributed by atoms with Gasteiger partial charge in [-0.1, -0.05) is 97.1 Å². The van der Waals surface area contributed by atoms with Crippen molar-refractivity contribution in [2.75, 3.05) is 15.5 Å². The lowest BCUT2D eigenvalue weighted by atomic mass is 10.1. The predicted octanol–water partition coefficient (Wildman–Crippen LogP) is 13.1. The van der Waals surface area contributed by atoms with E-state index in [1.54, 1.807) is 134 Å². The smallest absolute Gasteiger partial charge is 0.344 e. The molecule has 0 radical (unpaired) electrons. The van der Waals surface area contributed by atoms with Gasteiger partial charge in [-0.15, -0.1) is 0 Å². The van der Waals surface area contributed by atoms with E-state index in [-0.39, 0.29) is 58.6 Å². The molecular weight excluding hydrogens is 1590 g/mol. The van der Waals surface area contributed by atoms with E-state index in [1.807, 2.05) is 91.0 Å². The number of ether oxygens (including phenoxy) is 4. The zero-order valence-corrected chi connectivity index (χ0v) is 63.5. The van der Waals surface area contributed by atoms with Crippen LogP contribution in [0.2, 0.25) is 0 Å². The van der Waals surface area contributed by atoms with Crippen molar-refractivity contribution in [1.82, 2.24) is 39.9 Å². The van der Waals surface area contributed by atoms with Gasteiger partial charge in [0.25, 0.3) is 17.7 Å². The summed E-state index contributed by atoms with van der Waals surface area (Å²) in [6.07, 6.45) is 22.5. The van der Waals surface area contributed by atoms with Crippen molar-refractivity contribution in [3.05, 3.63) is 399 Å². The van der Waals surface area contributed by atoms with Gasteiger partial charge < -0.3 is 54.4 Å². The molecule has 3 atom stereocenters. The normalized spacial score (nSPS) is 14.3. The largest absolute Gasteiger partial charge is 0.478 e. The van der Waals surface area contributed by atoms with Gasteiger partial charge in [-0.05, 0) is 119 Å². The second-order valence-corrected chi connectivity index (χ2v) is 25.9. The van der Waals surface area contributed by atoms with Crippen molar-refractivity contribution >= 4 is 97.1 Å². The van der Waals surface area contributed by atoms with Crippen molar-refractivity contribution in [3.8, 4) is 11.3 Å². The molecule has 3 unspecified atom stereocenters. The van der Waals surface area contributed by atoms with Crippen LogP contribution >= 0.6 is 15.9 Å². The molecule has 1 aliphatic carbocycles. The number of esters is 4. The topological polar surface area (TPSA) is 432 Å². The van der Waals surface area contributed by atoms with Gasteiger partial charge in [-0.25, -0.2) is 28.8 Å². The Balaban J connectivity index is 0.000000124. The third-order valence-electron chi connectivity index (χ3n) is 17.6. The van der Waals surface area contributed by atoms with Crippen LogP contribution in [0.25, 0.3) is 22.1 Å². The minimum atomic E-state index is -1.13. The number of hydrogen-bond donors (Lipinski definition) is 6. The summed E-state index contributed by atoms with van der Waals surface area (Å²) in [5.74, 6) is -2.46. The number of aliphatic hydroxyl groups excluding tert-OH is 3. The lowest BCUT2D eigenvalue weighted by molar-refractivity contribution is -0.0549. The summed E-state index contributed by atoms with van der Waals surface area (Å²) in [5.41, 5.74) is 11.8. The van der Waals surface area contributed by atoms with E-state index in [9.17, 15) is 53.1 Å². The first kappa shape index (κ1) is 82.7. The number of aromatic nitrogens is 8. The number of alkyl halides is 1. The summed E-state index contributed by atoms with van der Waals surface area (Å²) in [7, 11) is 0. The van der Waals surface area contributed by atoms with Crippen LogP contribution < -0.4 is 21.2 Å². The number of para-hydroxylation sites is 3. The third-order valence-corrected chi connectivity index (χ3v) is 18.3. The monoisotopic (exact) mass is 1660 g/mol. The Morgan fingerprint density at radius 3 is 1.48 bits per heavy atom. The molecular formula is C88H64BrN11O19. The molecule has 5 aromatic carbocycles. The average Bonchev–Trinajstić information content (AvgIpc) is 1.59. The summed E-state index contributed by atoms with van der Waals surface area (Å²) < 4.78 is 24.2. The highest BCUT2D eigenvalue weighted by atomic mass is 79.9. The van der Waals surface area contributed by atoms with E-state index >= 15 is 0 Å². The summed E-state index contributed by atoms with van der Waals surface area (Å²) >= 11 is 3.19. The third kappa shape index (κ3) is 20.5. The number of anilines is 3. The minimum absolute atomic E-state index is 0.118. The van der Waals surface area contributed by atoms with Crippen molar-refractivity contribution in [3.63, 3.8) is 0 Å². The predicted molar refractivity (Wildman–Crippen MR) is 431 cm³/mol. The molecule has 9 aromatic heterocycles. The molecule has 0 saturated heterocycles. The summed E-state index contributed by atoms with van der Waals surface area (Å²) in [5, 5.41) is 42.8. The van der Waals surface area contributed by atoms with Crippen LogP contribution in [0.1, 0.15) is 150 Å². The van der Waals surface area contributed by atoms with E-state index in [2.05, 4.69) is 71.2 Å². The molecule has 0 saturated carbocycles. The number of carbonyl (C=O) groups excluding carboxylic acids is 8. The second-order valence-electron chi connectivity index (χ2n) is 25.1. The maximum Gasteiger partial charge on any atom is 0.344 e. The number of ketones is 1. The molecule has 14 aromatic rings. The number of nitrogens with zero attached hydrogens (tertiary/aromatic N) is 9. The molecule has 592 valence electrons. The minimum Gasteiger partial charge on any atom is -0.478 e. The molecule has 0 fully saturated rings. The Kier molecular flexibility index (Phi) is 27.7. The molecule has 119 heavy (non-hydrogen) atoms. The van der Waals surface area contributed by atoms with E-state index in [4.69, 9.17) is 33.9 Å². The van der Waals surface area contributed by atoms with Gasteiger partial charge in [0.05, 0.1) is 56.5 Å². The Morgan fingerprint density at radius 2 is 0.899 bits per heavy atom. The molecule has 5 aliphatic heterocycles. The van der Waals surface area contributed by atoms with Crippen molar-refractivity contribution in [1.29, 1.82) is 0 Å². The number of aromatic carboxylic acids is 1. The zero-order chi connectivity index (χ0) is 83.7. The van der Waals surface area contributed by atoms with Gasteiger partial charge in [0, 0.05) is 172 Å². The summed E-state index contributed by atoms with van der Waals surface area (Å²) in [4.78, 5) is 146. The first-order valence-electron chi connectivity index (χ1n) is 35.7. The summed E-state index contributed by atoms with van der Waals surface area (Å²) in [6.45, 7) is 0.613. The highest BCUT2D eigenvalue weighted by Crippen LogP contribution is 2.40. The number of rotatable bonds is 7. The quantitative estimate of drug-likeness (QED) is 0.0490. The van der Waals surface area contributed by atoms with Gasteiger partial charge in [0.2, 0.25) is 6.29 Å². The van der Waals surface area contributed by atoms with Crippen molar-refractivity contribution in [2.45, 2.75) is 37.4 Å². The Morgan fingerprint density at radius 1 is 0.429 bits per heavy atom. The number of hydrogen-bond acceptors (Lipinski definition) is 26. The first-order chi connectivity index (χ1) is 57.9. The van der Waals surface area contributed by atoms with Crippen LogP contribution in [-0.2, 0) is 38.8 Å². The number of pyridine rings is 8. The fourth-order valence-electron chi connectivity index (χ4n) is 11.8. The number of aliphatic hydroxyl groups is 3. The van der Waals surface area contributed by atoms with Gasteiger partial charge in [-0.3, -0.25) is 63.9 Å². The molecule has 6 N–H and O–H groups in total. The van der Waals surface area contributed by atoms with Crippen molar-refractivity contribution < 1.29 is 86.9 Å². The van der Waals surface area contributed by atoms with Crippen molar-refractivity contribution in [2.24, 2.45) is 0 Å². The standard InChI is InChI=1S/C15H7NO3.C13H10N2O2.C13H12N2O2.C12H10N2O.C8H6O2.C7H4BrNO2.C7H5NO3.C7H5NO2.C6H5NO2/c17-13-8-3-1-2-4-9(8)14-12(13)11-7-16-6-5-10(11)15(18)19-14;16-12-10-6-7-14-8-11(10)13(17)15(12)9-4-2-1-3-5-9;16-9-10-8-14-7-6-12(10)13(17)15-11-4-2-1-3-5-11;15-12(10-6-8-13-9-7-10)14-11-4-2-1-3-5-11;9-8-7-4-2-1-3-6(7)5-10-8;8-6-5-3-9-2-1-4(5)7(10)11-6;9-6-4-1-2-8-3-5(4)7(10)11-6;9-7-6-1-2-8-3-5(6)4-10-7;8-6(9)5-1-3-7-4-2-5/h1-7H;1-8,13,17H;1-8,16H,9H2,(H,15,17);1-9H,(H,14,15);1-4H,5H2;1-3,6H;1-3,7,10H;1-3H,4H2;1-4H,(H,8,9). The Hall–Kier alpha value is -15.7. The van der Waals surface area contributed by atoms with E-state index in [0.29, 0.717) is 108 Å². The molecule has 3 amide bonds. The number of cyclic esters (lactones) is 4. The van der Waals surface area contributed by atoms with Gasteiger partial charge in [0.1, 0.15) is 13.2 Å². The van der Waals surface area contributed by atoms with Crippen LogP contribution in [0.5, 0.6) is 0 Å². The summed E-state index contributed by atoms with van der Waals surface area (Å²) in [6, 6.07) is 58.1. The molecule has 0 spiro atoms. The van der Waals surface area contributed by atoms with E-state index in [0.717, 1.165) is 28.1 Å². The highest BCUT2D eigenvalue weighted by molar-refractivity contribution is 9.09. The SMILES string of the molecule is O=C(Nc1ccccc1)c1ccncc1.O=C(Nc1ccccc1)c1ccncc1CO.O=C(O)c1ccncc1.O=C1OC(Br)c2cnccc21.O=C1OC(O)c2cnccc21.O=C1OCc2ccccc21.O=C1OCc2cnccc21.O=C1c2ccccc2-c2oc(=O)c3ccncc3c21.O=C1c2ccncc2C(O)N1c1ccccc1. The number of nitrogens with one attached hydrogen (secondary N) is 2. The molecule has 14 heterocycles. The second kappa shape index (κ2) is 39.9. The molecule has 6 aliphatic rings. The number of fused-ring (bicyclic) bond motifs is 10. The fraction of sp³-hybridized carbons (Fsp3) is 0.0682. The molecule has 31 heteroatoms. The fourth-order valence-corrected chi connectivity index (χ4v) is 12.3. The maximum absolute atomic E-state index is 12.4. The average molecular weight is 1660 g/mol. The van der Waals surface area contributed by atoms with Gasteiger partial charge in [0.15, 0.2) is 22.8 Å². The van der Waals surface area contributed by atoms with Gasteiger partial charge >= 0.3 is 35.5 Å². The van der Waals surface area contributed by atoms with E-state index < -0.39 is 30.1 Å². The zero-order valence-electron chi connectivity index (χ0n) is 62.0. The number of carbonyl (C=O) groups is 9.